The highest BCUT2D eigenvalue weighted by molar-refractivity contribution is 7.84. The van der Waals surface area contributed by atoms with E-state index in [4.69, 9.17) is 0 Å². The van der Waals surface area contributed by atoms with E-state index in [1.54, 1.807) is 18.4 Å². The van der Waals surface area contributed by atoms with Crippen LogP contribution in [-0.2, 0) is 10.8 Å². The molecule has 0 heterocycles. The van der Waals surface area contributed by atoms with Gasteiger partial charge in [-0.25, -0.2) is 0 Å². The second kappa shape index (κ2) is 7.06. The molecule has 1 aromatic carbocycles. The predicted octanol–water partition coefficient (Wildman–Crippen LogP) is 1.23. The summed E-state index contributed by atoms with van der Waals surface area (Å²) < 4.78 is 10.8. The van der Waals surface area contributed by atoms with Gasteiger partial charge >= 0.3 is 0 Å². The number of amides is 1. The molecule has 1 aromatic rings. The minimum absolute atomic E-state index is 0.0884. The van der Waals surface area contributed by atoms with E-state index in [1.165, 1.54) is 0 Å². The summed E-state index contributed by atoms with van der Waals surface area (Å²) in [5, 5.41) is 5.79. The van der Waals surface area contributed by atoms with Gasteiger partial charge in [-0.3, -0.25) is 9.00 Å². The highest BCUT2D eigenvalue weighted by Crippen LogP contribution is 2.08. The van der Waals surface area contributed by atoms with Crippen molar-refractivity contribution in [2.24, 2.45) is 0 Å². The molecule has 0 fully saturated rings. The third-order valence-corrected chi connectivity index (χ3v) is 3.19. The molecule has 2 N–H and O–H groups in total. The lowest BCUT2D eigenvalue weighted by Crippen LogP contribution is -2.25. The Morgan fingerprint density at radius 1 is 1.29 bits per heavy atom. The molecule has 4 nitrogen and oxygen atoms in total. The number of anilines is 1. The zero-order valence-corrected chi connectivity index (χ0v) is 11.0. The molecule has 1 amide bonds. The number of hydrogen-bond acceptors (Lipinski definition) is 3. The van der Waals surface area contributed by atoms with Crippen molar-refractivity contribution in [2.45, 2.75) is 6.42 Å². The topological polar surface area (TPSA) is 58.2 Å². The summed E-state index contributed by atoms with van der Waals surface area (Å²) in [7, 11) is 1.04. The summed E-state index contributed by atoms with van der Waals surface area (Å²) in [6.07, 6.45) is 2.40. The van der Waals surface area contributed by atoms with Crippen molar-refractivity contribution in [3.8, 4) is 0 Å². The normalized spacial score (nSPS) is 11.9. The molecule has 0 radical (unpaired) electrons. The van der Waals surface area contributed by atoms with Gasteiger partial charge < -0.3 is 10.6 Å². The van der Waals surface area contributed by atoms with Gasteiger partial charge in [-0.1, -0.05) is 0 Å². The summed E-state index contributed by atoms with van der Waals surface area (Å²) in [5.74, 6) is 0.536. The second-order valence-electron chi connectivity index (χ2n) is 3.71. The Labute approximate surface area is 104 Å². The number of nitrogens with one attached hydrogen (secondary N) is 2. The SMILES string of the molecule is CNc1ccc(C(=O)NCCCS(C)=O)cc1. The fraction of sp³-hybridized carbons (Fsp3) is 0.417. The van der Waals surface area contributed by atoms with E-state index < -0.39 is 10.8 Å². The maximum absolute atomic E-state index is 11.7. The quantitative estimate of drug-likeness (QED) is 0.751. The molecule has 0 spiro atoms. The fourth-order valence-corrected chi connectivity index (χ4v) is 1.92. The van der Waals surface area contributed by atoms with Crippen LogP contribution in [0.3, 0.4) is 0 Å². The highest BCUT2D eigenvalue weighted by atomic mass is 32.2. The molecule has 1 rings (SSSR count). The van der Waals surface area contributed by atoms with Crippen molar-refractivity contribution in [1.29, 1.82) is 0 Å². The molecule has 0 bridgehead atoms. The monoisotopic (exact) mass is 254 g/mol. The van der Waals surface area contributed by atoms with Crippen LogP contribution < -0.4 is 10.6 Å². The van der Waals surface area contributed by atoms with Crippen LogP contribution in [0.4, 0.5) is 5.69 Å². The van der Waals surface area contributed by atoms with Gasteiger partial charge in [0.15, 0.2) is 0 Å². The molecule has 94 valence electrons. The Hall–Kier alpha value is -1.36. The first-order chi connectivity index (χ1) is 8.13. The Kier molecular flexibility index (Phi) is 5.69. The lowest BCUT2D eigenvalue weighted by atomic mass is 10.2. The van der Waals surface area contributed by atoms with Gasteiger partial charge in [-0.15, -0.1) is 0 Å². The van der Waals surface area contributed by atoms with E-state index in [0.717, 1.165) is 12.1 Å². The summed E-state index contributed by atoms with van der Waals surface area (Å²) >= 11 is 0. The number of rotatable bonds is 6. The van der Waals surface area contributed by atoms with Crippen LogP contribution in [0, 0.1) is 0 Å². The first-order valence-electron chi connectivity index (χ1n) is 5.49. The molecule has 0 saturated carbocycles. The van der Waals surface area contributed by atoms with Gasteiger partial charge in [0.1, 0.15) is 0 Å². The van der Waals surface area contributed by atoms with Crippen LogP contribution in [0.1, 0.15) is 16.8 Å². The Bertz CT molecular complexity index is 390. The van der Waals surface area contributed by atoms with E-state index in [9.17, 15) is 9.00 Å². The summed E-state index contributed by atoms with van der Waals surface area (Å²) in [5.41, 5.74) is 1.62. The maximum Gasteiger partial charge on any atom is 0.251 e. The van der Waals surface area contributed by atoms with Gasteiger partial charge in [0.05, 0.1) is 0 Å². The van der Waals surface area contributed by atoms with Crippen LogP contribution >= 0.6 is 0 Å². The average Bonchev–Trinajstić information content (AvgIpc) is 2.34. The van der Waals surface area contributed by atoms with Crippen molar-refractivity contribution in [1.82, 2.24) is 5.32 Å². The first kappa shape index (κ1) is 13.7. The van der Waals surface area contributed by atoms with E-state index in [0.29, 0.717) is 17.9 Å². The molecule has 0 aliphatic carbocycles. The molecule has 0 aliphatic rings. The minimum atomic E-state index is -0.789. The Balaban J connectivity index is 2.38. The van der Waals surface area contributed by atoms with E-state index >= 15 is 0 Å². The number of benzene rings is 1. The smallest absolute Gasteiger partial charge is 0.251 e. The van der Waals surface area contributed by atoms with Crippen molar-refractivity contribution < 1.29 is 9.00 Å². The summed E-state index contributed by atoms with van der Waals surface area (Å²) in [6.45, 7) is 0.562. The summed E-state index contributed by atoms with van der Waals surface area (Å²) in [4.78, 5) is 11.7. The molecule has 17 heavy (non-hydrogen) atoms. The lowest BCUT2D eigenvalue weighted by Gasteiger charge is -2.05. The standard InChI is InChI=1S/C12H18N2O2S/c1-13-11-6-4-10(5-7-11)12(15)14-8-3-9-17(2)16/h4-7,13H,3,8-9H2,1-2H3,(H,14,15). The second-order valence-corrected chi connectivity index (χ2v) is 5.27. The van der Waals surface area contributed by atoms with Gasteiger partial charge in [-0.2, -0.15) is 0 Å². The largest absolute Gasteiger partial charge is 0.388 e. The summed E-state index contributed by atoms with van der Waals surface area (Å²) in [6, 6.07) is 7.27. The van der Waals surface area contributed by atoms with Crippen LogP contribution in [0.2, 0.25) is 0 Å². The maximum atomic E-state index is 11.7. The molecular weight excluding hydrogens is 236 g/mol. The molecular formula is C12H18N2O2S. The molecule has 0 aliphatic heterocycles. The van der Waals surface area contributed by atoms with Gasteiger partial charge in [0.2, 0.25) is 0 Å². The number of hydrogen-bond donors (Lipinski definition) is 2. The Morgan fingerprint density at radius 2 is 1.94 bits per heavy atom. The van der Waals surface area contributed by atoms with Crippen LogP contribution in [0.25, 0.3) is 0 Å². The fourth-order valence-electron chi connectivity index (χ4n) is 1.37. The van der Waals surface area contributed by atoms with Gasteiger partial charge in [0, 0.05) is 47.7 Å². The Morgan fingerprint density at radius 3 is 2.47 bits per heavy atom. The van der Waals surface area contributed by atoms with Crippen LogP contribution in [0.5, 0.6) is 0 Å². The van der Waals surface area contributed by atoms with Gasteiger partial charge in [0.25, 0.3) is 5.91 Å². The van der Waals surface area contributed by atoms with Crippen LogP contribution in [-0.4, -0.2) is 35.7 Å². The molecule has 1 atom stereocenters. The van der Waals surface area contributed by atoms with Crippen molar-refractivity contribution in [3.63, 3.8) is 0 Å². The number of carbonyl (C=O) groups excluding carboxylic acids is 1. The molecule has 0 aromatic heterocycles. The predicted molar refractivity (Wildman–Crippen MR) is 71.9 cm³/mol. The lowest BCUT2D eigenvalue weighted by molar-refractivity contribution is 0.0954. The first-order valence-corrected chi connectivity index (χ1v) is 7.22. The van der Waals surface area contributed by atoms with E-state index in [2.05, 4.69) is 10.6 Å². The zero-order valence-electron chi connectivity index (χ0n) is 10.2. The van der Waals surface area contributed by atoms with Gasteiger partial charge in [-0.05, 0) is 30.7 Å². The molecule has 0 saturated heterocycles. The van der Waals surface area contributed by atoms with Crippen LogP contribution in [0.15, 0.2) is 24.3 Å². The zero-order chi connectivity index (χ0) is 12.7. The van der Waals surface area contributed by atoms with Crippen molar-refractivity contribution >= 4 is 22.4 Å². The molecule has 5 heteroatoms. The van der Waals surface area contributed by atoms with Crippen molar-refractivity contribution in [3.05, 3.63) is 29.8 Å². The minimum Gasteiger partial charge on any atom is -0.388 e. The highest BCUT2D eigenvalue weighted by Gasteiger charge is 2.04. The third kappa shape index (κ3) is 4.99. The van der Waals surface area contributed by atoms with Crippen molar-refractivity contribution in [2.75, 3.05) is 30.9 Å². The van der Waals surface area contributed by atoms with E-state index in [1.807, 2.05) is 19.2 Å². The van der Waals surface area contributed by atoms with E-state index in [-0.39, 0.29) is 5.91 Å². The molecule has 1 unspecified atom stereocenters. The average molecular weight is 254 g/mol. The number of carbonyl (C=O) groups is 1. The third-order valence-electron chi connectivity index (χ3n) is 2.33.